The van der Waals surface area contributed by atoms with Gasteiger partial charge in [-0.3, -0.25) is 4.79 Å². The number of carbonyl (C=O) groups is 1. The van der Waals surface area contributed by atoms with Crippen molar-refractivity contribution in [2.45, 2.75) is 26.3 Å². The van der Waals surface area contributed by atoms with Gasteiger partial charge in [-0.15, -0.1) is 0 Å². The molecule has 0 bridgehead atoms. The lowest BCUT2D eigenvalue weighted by molar-refractivity contribution is -0.121. The molecule has 2 rings (SSSR count). The number of aryl methyl sites for hydroxylation is 2. The van der Waals surface area contributed by atoms with E-state index in [0.717, 1.165) is 11.1 Å². The number of hydrogen-bond acceptors (Lipinski definition) is 1. The van der Waals surface area contributed by atoms with Gasteiger partial charge in [-0.2, -0.15) is 0 Å². The molecule has 1 amide bonds. The predicted molar refractivity (Wildman–Crippen MR) is 90.7 cm³/mol. The van der Waals surface area contributed by atoms with Crippen LogP contribution in [0, 0.1) is 13.8 Å². The molecule has 0 aliphatic carbocycles. The Morgan fingerprint density at radius 2 is 1.81 bits per heavy atom. The van der Waals surface area contributed by atoms with Crippen LogP contribution < -0.4 is 5.32 Å². The zero-order valence-electron chi connectivity index (χ0n) is 12.4. The molecule has 0 saturated carbocycles. The van der Waals surface area contributed by atoms with Gasteiger partial charge in [0.05, 0.1) is 12.5 Å². The fourth-order valence-electron chi connectivity index (χ4n) is 2.24. The lowest BCUT2D eigenvalue weighted by Gasteiger charge is -2.17. The second kappa shape index (κ2) is 7.41. The first kappa shape index (κ1) is 15.8. The van der Waals surface area contributed by atoms with Gasteiger partial charge >= 0.3 is 0 Å². The summed E-state index contributed by atoms with van der Waals surface area (Å²) in [4.78, 5) is 12.2. The van der Waals surface area contributed by atoms with Crippen molar-refractivity contribution in [1.29, 1.82) is 0 Å². The van der Waals surface area contributed by atoms with E-state index in [1.807, 2.05) is 36.4 Å². The van der Waals surface area contributed by atoms with Crippen LogP contribution in [0.2, 0.25) is 0 Å². The summed E-state index contributed by atoms with van der Waals surface area (Å²) in [5.74, 6) is 0.0477. The molecule has 1 N–H and O–H groups in total. The maximum absolute atomic E-state index is 12.2. The van der Waals surface area contributed by atoms with Crippen molar-refractivity contribution in [3.63, 3.8) is 0 Å². The average Bonchev–Trinajstić information content (AvgIpc) is 2.49. The third kappa shape index (κ3) is 4.43. The Morgan fingerprint density at radius 1 is 1.10 bits per heavy atom. The van der Waals surface area contributed by atoms with Crippen LogP contribution in [0.3, 0.4) is 0 Å². The highest BCUT2D eigenvalue weighted by molar-refractivity contribution is 9.09. The van der Waals surface area contributed by atoms with Gasteiger partial charge in [0.15, 0.2) is 0 Å². The van der Waals surface area contributed by atoms with Gasteiger partial charge in [-0.05, 0) is 36.1 Å². The van der Waals surface area contributed by atoms with E-state index < -0.39 is 0 Å². The van der Waals surface area contributed by atoms with Crippen molar-refractivity contribution in [3.8, 4) is 0 Å². The molecule has 2 aromatic rings. The van der Waals surface area contributed by atoms with Crippen LogP contribution in [0.4, 0.5) is 0 Å². The third-order valence-electron chi connectivity index (χ3n) is 3.63. The average molecular weight is 346 g/mol. The Balaban J connectivity index is 2.01. The van der Waals surface area contributed by atoms with E-state index in [-0.39, 0.29) is 11.9 Å². The summed E-state index contributed by atoms with van der Waals surface area (Å²) in [5, 5.41) is 3.78. The maximum Gasteiger partial charge on any atom is 0.224 e. The normalized spacial score (nSPS) is 12.0. The Labute approximate surface area is 134 Å². The smallest absolute Gasteiger partial charge is 0.224 e. The molecule has 1 atom stereocenters. The van der Waals surface area contributed by atoms with Crippen molar-refractivity contribution < 1.29 is 4.79 Å². The molecule has 0 fully saturated rings. The molecule has 1 unspecified atom stereocenters. The number of halogens is 1. The highest BCUT2D eigenvalue weighted by Gasteiger charge is 2.13. The molecule has 110 valence electrons. The van der Waals surface area contributed by atoms with Crippen molar-refractivity contribution in [3.05, 3.63) is 70.8 Å². The first-order chi connectivity index (χ1) is 10.1. The van der Waals surface area contributed by atoms with E-state index in [9.17, 15) is 4.79 Å². The topological polar surface area (TPSA) is 29.1 Å². The van der Waals surface area contributed by atoms with Crippen LogP contribution in [-0.2, 0) is 11.2 Å². The molecular weight excluding hydrogens is 326 g/mol. The monoisotopic (exact) mass is 345 g/mol. The molecule has 0 aliphatic rings. The first-order valence-electron chi connectivity index (χ1n) is 7.06. The second-order valence-electron chi connectivity index (χ2n) is 5.28. The molecule has 0 saturated heterocycles. The van der Waals surface area contributed by atoms with Crippen molar-refractivity contribution >= 4 is 21.8 Å². The Hall–Kier alpha value is -1.61. The largest absolute Gasteiger partial charge is 0.348 e. The van der Waals surface area contributed by atoms with Gasteiger partial charge in [0.2, 0.25) is 5.91 Å². The van der Waals surface area contributed by atoms with E-state index >= 15 is 0 Å². The third-order valence-corrected chi connectivity index (χ3v) is 4.27. The number of nitrogens with one attached hydrogen (secondary N) is 1. The van der Waals surface area contributed by atoms with E-state index in [2.05, 4.69) is 47.2 Å². The number of alkyl halides is 1. The Kier molecular flexibility index (Phi) is 5.57. The van der Waals surface area contributed by atoms with Crippen LogP contribution in [0.15, 0.2) is 48.5 Å². The van der Waals surface area contributed by atoms with Gasteiger partial charge in [0.1, 0.15) is 0 Å². The van der Waals surface area contributed by atoms with E-state index in [1.165, 1.54) is 11.1 Å². The lowest BCUT2D eigenvalue weighted by Crippen LogP contribution is -2.30. The molecule has 21 heavy (non-hydrogen) atoms. The minimum Gasteiger partial charge on any atom is -0.348 e. The highest BCUT2D eigenvalue weighted by Crippen LogP contribution is 2.16. The zero-order valence-corrected chi connectivity index (χ0v) is 14.0. The summed E-state index contributed by atoms with van der Waals surface area (Å²) in [5.41, 5.74) is 4.64. The van der Waals surface area contributed by atoms with Gasteiger partial charge in [-0.1, -0.05) is 64.5 Å². The SMILES string of the molecule is Cc1ccc(CC(=O)NC(CBr)c2ccccc2)cc1C. The van der Waals surface area contributed by atoms with Crippen LogP contribution in [-0.4, -0.2) is 11.2 Å². The minimum atomic E-state index is 0.00486. The number of carbonyl (C=O) groups excluding carboxylic acids is 1. The summed E-state index contributed by atoms with van der Waals surface area (Å²) in [6, 6.07) is 16.2. The van der Waals surface area contributed by atoms with Gasteiger partial charge in [-0.25, -0.2) is 0 Å². The summed E-state index contributed by atoms with van der Waals surface area (Å²) in [6.07, 6.45) is 0.414. The van der Waals surface area contributed by atoms with Crippen molar-refractivity contribution in [2.24, 2.45) is 0 Å². The Morgan fingerprint density at radius 3 is 2.43 bits per heavy atom. The molecule has 0 spiro atoms. The van der Waals surface area contributed by atoms with Crippen LogP contribution >= 0.6 is 15.9 Å². The summed E-state index contributed by atoms with van der Waals surface area (Å²) in [7, 11) is 0. The number of hydrogen-bond donors (Lipinski definition) is 1. The minimum absolute atomic E-state index is 0.00486. The maximum atomic E-state index is 12.2. The molecule has 3 heteroatoms. The molecule has 2 nitrogen and oxygen atoms in total. The van der Waals surface area contributed by atoms with E-state index in [0.29, 0.717) is 11.8 Å². The molecule has 0 heterocycles. The van der Waals surface area contributed by atoms with E-state index in [4.69, 9.17) is 0 Å². The molecule has 0 aliphatic heterocycles. The number of amides is 1. The number of rotatable bonds is 5. The highest BCUT2D eigenvalue weighted by atomic mass is 79.9. The molecule has 2 aromatic carbocycles. The van der Waals surface area contributed by atoms with Crippen LogP contribution in [0.5, 0.6) is 0 Å². The molecule has 0 radical (unpaired) electrons. The zero-order chi connectivity index (χ0) is 15.2. The number of benzene rings is 2. The first-order valence-corrected chi connectivity index (χ1v) is 8.18. The molecule has 0 aromatic heterocycles. The van der Waals surface area contributed by atoms with Crippen LogP contribution in [0.25, 0.3) is 0 Å². The predicted octanol–water partition coefficient (Wildman–Crippen LogP) is 4.10. The van der Waals surface area contributed by atoms with E-state index in [1.54, 1.807) is 0 Å². The summed E-state index contributed by atoms with van der Waals surface area (Å²) < 4.78 is 0. The summed E-state index contributed by atoms with van der Waals surface area (Å²) >= 11 is 3.47. The fourth-order valence-corrected chi connectivity index (χ4v) is 2.78. The Bertz CT molecular complexity index is 610. The van der Waals surface area contributed by atoms with Crippen molar-refractivity contribution in [2.75, 3.05) is 5.33 Å². The fraction of sp³-hybridized carbons (Fsp3) is 0.278. The quantitative estimate of drug-likeness (QED) is 0.812. The molecular formula is C18H20BrNO. The van der Waals surface area contributed by atoms with Crippen LogP contribution in [0.1, 0.15) is 28.3 Å². The van der Waals surface area contributed by atoms with Gasteiger partial charge in [0.25, 0.3) is 0 Å². The van der Waals surface area contributed by atoms with Gasteiger partial charge in [0, 0.05) is 5.33 Å². The second-order valence-corrected chi connectivity index (χ2v) is 5.93. The lowest BCUT2D eigenvalue weighted by atomic mass is 10.0. The summed E-state index contributed by atoms with van der Waals surface area (Å²) in [6.45, 7) is 4.15. The van der Waals surface area contributed by atoms with Gasteiger partial charge < -0.3 is 5.32 Å². The van der Waals surface area contributed by atoms with Crippen molar-refractivity contribution in [1.82, 2.24) is 5.32 Å². The standard InChI is InChI=1S/C18H20BrNO/c1-13-8-9-15(10-14(13)2)11-18(21)20-17(12-19)16-6-4-3-5-7-16/h3-10,17H,11-12H2,1-2H3,(H,20,21).